The van der Waals surface area contributed by atoms with Gasteiger partial charge in [-0.05, 0) is 47.6 Å². The molecule has 2 amide bonds. The van der Waals surface area contributed by atoms with Gasteiger partial charge < -0.3 is 14.2 Å². The van der Waals surface area contributed by atoms with E-state index in [1.54, 1.807) is 41.5 Å². The number of anilines is 1. The standard InChI is InChI=1S/C18H24F2N2O6/c1-17(2,3)27-15(24)22(16(25)28-18(4,5)6)11-8-10(13(19)20)9-21-12(11)14(23)26-7/h8-9,13H,1-7H3. The molecule has 1 rings (SSSR count). The number of ether oxygens (including phenoxy) is 3. The number of nitrogens with zero attached hydrogens (tertiary/aromatic N) is 2. The molecule has 0 spiro atoms. The first-order chi connectivity index (χ1) is 12.7. The van der Waals surface area contributed by atoms with E-state index in [1.165, 1.54) is 0 Å². The van der Waals surface area contributed by atoms with Crippen LogP contribution in [0.4, 0.5) is 24.1 Å². The van der Waals surface area contributed by atoms with Crippen LogP contribution in [-0.2, 0) is 14.2 Å². The van der Waals surface area contributed by atoms with Crippen molar-refractivity contribution in [3.05, 3.63) is 23.5 Å². The Bertz CT molecular complexity index is 725. The largest absolute Gasteiger partial charge is 0.464 e. The second-order valence-electron chi connectivity index (χ2n) is 7.72. The summed E-state index contributed by atoms with van der Waals surface area (Å²) in [6.45, 7) is 9.29. The normalized spacial score (nSPS) is 11.8. The third-order valence-electron chi connectivity index (χ3n) is 2.91. The van der Waals surface area contributed by atoms with Gasteiger partial charge in [-0.1, -0.05) is 0 Å². The van der Waals surface area contributed by atoms with Crippen LogP contribution < -0.4 is 4.90 Å². The zero-order valence-corrected chi connectivity index (χ0v) is 16.8. The van der Waals surface area contributed by atoms with Crippen molar-refractivity contribution >= 4 is 23.8 Å². The highest BCUT2D eigenvalue weighted by Gasteiger charge is 2.36. The van der Waals surface area contributed by atoms with Crippen LogP contribution in [0.5, 0.6) is 0 Å². The van der Waals surface area contributed by atoms with Crippen LogP contribution in [0, 0.1) is 0 Å². The van der Waals surface area contributed by atoms with Crippen molar-refractivity contribution in [2.45, 2.75) is 59.2 Å². The van der Waals surface area contributed by atoms with Crippen LogP contribution in [0.2, 0.25) is 0 Å². The smallest absolute Gasteiger partial charge is 0.424 e. The van der Waals surface area contributed by atoms with E-state index < -0.39 is 52.7 Å². The molecule has 156 valence electrons. The first-order valence-corrected chi connectivity index (χ1v) is 8.29. The lowest BCUT2D eigenvalue weighted by Crippen LogP contribution is -2.44. The second kappa shape index (κ2) is 8.49. The van der Waals surface area contributed by atoms with Crippen LogP contribution in [0.15, 0.2) is 12.3 Å². The van der Waals surface area contributed by atoms with Gasteiger partial charge in [0, 0.05) is 11.8 Å². The summed E-state index contributed by atoms with van der Waals surface area (Å²) in [6, 6.07) is 0.789. The maximum atomic E-state index is 13.2. The summed E-state index contributed by atoms with van der Waals surface area (Å²) in [5.74, 6) is -1.03. The number of halogens is 2. The number of esters is 1. The van der Waals surface area contributed by atoms with Gasteiger partial charge in [0.2, 0.25) is 0 Å². The molecule has 0 aliphatic carbocycles. The maximum absolute atomic E-state index is 13.2. The molecule has 10 heteroatoms. The minimum atomic E-state index is -2.96. The number of rotatable bonds is 3. The van der Waals surface area contributed by atoms with Gasteiger partial charge in [0.25, 0.3) is 6.43 Å². The van der Waals surface area contributed by atoms with Gasteiger partial charge in [0.15, 0.2) is 5.69 Å². The molecule has 0 bridgehead atoms. The Balaban J connectivity index is 3.62. The first kappa shape index (κ1) is 23.3. The Kier molecular flexibility index (Phi) is 7.05. The maximum Gasteiger partial charge on any atom is 0.424 e. The molecular formula is C18H24F2N2O6. The number of pyridine rings is 1. The molecule has 0 aliphatic heterocycles. The molecule has 1 aromatic heterocycles. The average molecular weight is 402 g/mol. The molecule has 8 nitrogen and oxygen atoms in total. The molecule has 0 unspecified atom stereocenters. The van der Waals surface area contributed by atoms with E-state index in [-0.39, 0.29) is 0 Å². The summed E-state index contributed by atoms with van der Waals surface area (Å²) < 4.78 is 41.2. The number of carbonyl (C=O) groups excluding carboxylic acids is 3. The molecule has 0 radical (unpaired) electrons. The van der Waals surface area contributed by atoms with E-state index in [9.17, 15) is 23.2 Å². The molecule has 0 atom stereocenters. The van der Waals surface area contributed by atoms with Crippen LogP contribution in [-0.4, -0.2) is 41.5 Å². The Hall–Kier alpha value is -2.78. The number of hydrogen-bond acceptors (Lipinski definition) is 7. The number of alkyl halides is 2. The van der Waals surface area contributed by atoms with Crippen molar-refractivity contribution in [2.75, 3.05) is 12.0 Å². The van der Waals surface area contributed by atoms with Crippen LogP contribution >= 0.6 is 0 Å². The minimum absolute atomic E-state index is 0.349. The van der Waals surface area contributed by atoms with Crippen molar-refractivity contribution < 1.29 is 37.4 Å². The van der Waals surface area contributed by atoms with Gasteiger partial charge in [-0.25, -0.2) is 28.1 Å². The summed E-state index contributed by atoms with van der Waals surface area (Å²) in [5.41, 5.74) is -3.70. The fraction of sp³-hybridized carbons (Fsp3) is 0.556. The van der Waals surface area contributed by atoms with Crippen molar-refractivity contribution in [3.8, 4) is 0 Å². The van der Waals surface area contributed by atoms with E-state index in [4.69, 9.17) is 9.47 Å². The van der Waals surface area contributed by atoms with Crippen molar-refractivity contribution in [2.24, 2.45) is 0 Å². The third-order valence-corrected chi connectivity index (χ3v) is 2.91. The summed E-state index contributed by atoms with van der Waals surface area (Å²) in [4.78, 5) is 41.4. The van der Waals surface area contributed by atoms with E-state index in [2.05, 4.69) is 9.72 Å². The number of aromatic nitrogens is 1. The van der Waals surface area contributed by atoms with Crippen molar-refractivity contribution in [1.82, 2.24) is 4.98 Å². The predicted molar refractivity (Wildman–Crippen MR) is 95.5 cm³/mol. The van der Waals surface area contributed by atoms with E-state index in [0.29, 0.717) is 4.90 Å². The topological polar surface area (TPSA) is 95.0 Å². The van der Waals surface area contributed by atoms with Crippen LogP contribution in [0.25, 0.3) is 0 Å². The van der Waals surface area contributed by atoms with Gasteiger partial charge in [-0.15, -0.1) is 0 Å². The lowest BCUT2D eigenvalue weighted by molar-refractivity contribution is 0.0429. The van der Waals surface area contributed by atoms with Gasteiger partial charge >= 0.3 is 18.2 Å². The molecule has 0 fully saturated rings. The fourth-order valence-electron chi connectivity index (χ4n) is 1.90. The number of imide groups is 1. The molecule has 0 aromatic carbocycles. The molecule has 0 aliphatic rings. The van der Waals surface area contributed by atoms with E-state index in [0.717, 1.165) is 19.4 Å². The quantitative estimate of drug-likeness (QED) is 0.543. The van der Waals surface area contributed by atoms with Gasteiger partial charge in [0.1, 0.15) is 11.2 Å². The Morgan fingerprint density at radius 2 is 1.46 bits per heavy atom. The molecule has 1 aromatic rings. The number of methoxy groups -OCH3 is 1. The summed E-state index contributed by atoms with van der Waals surface area (Å²) in [6.07, 6.45) is -4.65. The predicted octanol–water partition coefficient (Wildman–Crippen LogP) is 4.48. The SMILES string of the molecule is COC(=O)c1ncc(C(F)F)cc1N(C(=O)OC(C)(C)C)C(=O)OC(C)(C)C. The Labute approximate surface area is 161 Å². The molecule has 0 saturated heterocycles. The number of carbonyl (C=O) groups is 3. The zero-order chi connectivity index (χ0) is 21.9. The highest BCUT2D eigenvalue weighted by molar-refractivity contribution is 6.13. The molecule has 0 N–H and O–H groups in total. The highest BCUT2D eigenvalue weighted by Crippen LogP contribution is 2.29. The van der Waals surface area contributed by atoms with Gasteiger partial charge in [-0.3, -0.25) is 0 Å². The second-order valence-corrected chi connectivity index (χ2v) is 7.72. The lowest BCUT2D eigenvalue weighted by Gasteiger charge is -2.29. The first-order valence-electron chi connectivity index (χ1n) is 8.29. The van der Waals surface area contributed by atoms with Crippen LogP contribution in [0.3, 0.4) is 0 Å². The lowest BCUT2D eigenvalue weighted by atomic mass is 10.2. The number of hydrogen-bond donors (Lipinski definition) is 0. The van der Waals surface area contributed by atoms with Gasteiger partial charge in [-0.2, -0.15) is 4.90 Å². The monoisotopic (exact) mass is 402 g/mol. The fourth-order valence-corrected chi connectivity index (χ4v) is 1.90. The Morgan fingerprint density at radius 3 is 1.82 bits per heavy atom. The van der Waals surface area contributed by atoms with Crippen molar-refractivity contribution in [3.63, 3.8) is 0 Å². The van der Waals surface area contributed by atoms with Gasteiger partial charge in [0.05, 0.1) is 12.8 Å². The summed E-state index contributed by atoms with van der Waals surface area (Å²) >= 11 is 0. The van der Waals surface area contributed by atoms with Crippen molar-refractivity contribution in [1.29, 1.82) is 0 Å². The highest BCUT2D eigenvalue weighted by atomic mass is 19.3. The Morgan fingerprint density at radius 1 is 1.00 bits per heavy atom. The molecular weight excluding hydrogens is 378 g/mol. The molecule has 0 saturated carbocycles. The summed E-state index contributed by atoms with van der Waals surface area (Å²) in [5, 5.41) is 0. The van der Waals surface area contributed by atoms with E-state index in [1.807, 2.05) is 0 Å². The number of amides is 2. The third kappa shape index (κ3) is 6.43. The van der Waals surface area contributed by atoms with Crippen LogP contribution in [0.1, 0.15) is 64.0 Å². The zero-order valence-electron chi connectivity index (χ0n) is 16.8. The molecule has 28 heavy (non-hydrogen) atoms. The molecule has 1 heterocycles. The summed E-state index contributed by atoms with van der Waals surface area (Å²) in [7, 11) is 1.04. The van der Waals surface area contributed by atoms with E-state index >= 15 is 0 Å². The minimum Gasteiger partial charge on any atom is -0.464 e. The average Bonchev–Trinajstić information content (AvgIpc) is 2.50.